The van der Waals surface area contributed by atoms with Gasteiger partial charge in [0, 0.05) is 29.6 Å². The van der Waals surface area contributed by atoms with Gasteiger partial charge in [-0.2, -0.15) is 5.10 Å². The van der Waals surface area contributed by atoms with Gasteiger partial charge in [0.1, 0.15) is 6.54 Å². The second-order valence-corrected chi connectivity index (χ2v) is 5.75. The third kappa shape index (κ3) is 4.36. The molecule has 1 aromatic heterocycles. The maximum atomic E-state index is 12.3. The van der Waals surface area contributed by atoms with E-state index in [1.54, 1.807) is 35.1 Å². The molecule has 0 spiro atoms. The summed E-state index contributed by atoms with van der Waals surface area (Å²) in [5.74, 6) is -0.371. The highest BCUT2D eigenvalue weighted by molar-refractivity contribution is 5.97. The van der Waals surface area contributed by atoms with Crippen LogP contribution in [0.1, 0.15) is 17.3 Å². The van der Waals surface area contributed by atoms with E-state index in [4.69, 9.17) is 0 Å². The molecular weight excluding hydrogens is 328 g/mol. The van der Waals surface area contributed by atoms with Crippen LogP contribution < -0.4 is 10.6 Å². The van der Waals surface area contributed by atoms with Gasteiger partial charge >= 0.3 is 0 Å². The summed E-state index contributed by atoms with van der Waals surface area (Å²) in [4.78, 5) is 24.1. The van der Waals surface area contributed by atoms with Crippen LogP contribution in [0.25, 0.3) is 11.3 Å². The summed E-state index contributed by atoms with van der Waals surface area (Å²) in [6.45, 7) is 2.51. The first-order valence-electron chi connectivity index (χ1n) is 8.42. The van der Waals surface area contributed by atoms with Crippen LogP contribution in [-0.4, -0.2) is 28.1 Å². The fourth-order valence-corrected chi connectivity index (χ4v) is 2.56. The number of benzene rings is 2. The number of carbonyl (C=O) groups is 2. The quantitative estimate of drug-likeness (QED) is 0.719. The Bertz CT molecular complexity index is 903. The summed E-state index contributed by atoms with van der Waals surface area (Å²) in [5.41, 5.74) is 2.90. The molecule has 0 bridgehead atoms. The molecule has 6 nitrogen and oxygen atoms in total. The first-order valence-corrected chi connectivity index (χ1v) is 8.42. The zero-order valence-corrected chi connectivity index (χ0v) is 14.5. The van der Waals surface area contributed by atoms with Crippen LogP contribution in [-0.2, 0) is 11.3 Å². The Kier molecular flexibility index (Phi) is 5.43. The number of nitrogens with zero attached hydrogens (tertiary/aromatic N) is 2. The van der Waals surface area contributed by atoms with E-state index in [2.05, 4.69) is 15.7 Å². The molecular formula is C20H20N4O2. The van der Waals surface area contributed by atoms with Crippen LogP contribution in [0.5, 0.6) is 0 Å². The largest absolute Gasteiger partial charge is 0.352 e. The van der Waals surface area contributed by atoms with E-state index in [1.165, 1.54) is 0 Å². The van der Waals surface area contributed by atoms with E-state index in [0.29, 0.717) is 17.8 Å². The minimum Gasteiger partial charge on any atom is -0.352 e. The molecule has 3 aromatic rings. The highest BCUT2D eigenvalue weighted by Crippen LogP contribution is 2.16. The molecule has 0 aliphatic carbocycles. The van der Waals surface area contributed by atoms with Crippen LogP contribution in [0.3, 0.4) is 0 Å². The van der Waals surface area contributed by atoms with Crippen molar-refractivity contribution in [3.05, 3.63) is 72.4 Å². The Morgan fingerprint density at radius 2 is 1.85 bits per heavy atom. The zero-order valence-electron chi connectivity index (χ0n) is 14.5. The van der Waals surface area contributed by atoms with Crippen molar-refractivity contribution in [2.45, 2.75) is 13.5 Å². The normalized spacial score (nSPS) is 10.3. The first kappa shape index (κ1) is 17.4. The molecule has 2 aromatic carbocycles. The lowest BCUT2D eigenvalue weighted by Gasteiger charge is -2.08. The van der Waals surface area contributed by atoms with Gasteiger partial charge in [0.2, 0.25) is 5.91 Å². The lowest BCUT2D eigenvalue weighted by atomic mass is 10.2. The monoisotopic (exact) mass is 348 g/mol. The molecule has 0 saturated carbocycles. The second-order valence-electron chi connectivity index (χ2n) is 5.75. The molecule has 2 N–H and O–H groups in total. The predicted molar refractivity (Wildman–Crippen MR) is 101 cm³/mol. The SMILES string of the molecule is CCNC(=O)c1cccc(NC(=O)Cn2ccc(-c3ccccc3)n2)c1. The van der Waals surface area contributed by atoms with Gasteiger partial charge in [-0.05, 0) is 31.2 Å². The van der Waals surface area contributed by atoms with E-state index in [1.807, 2.05) is 43.3 Å². The molecule has 0 atom stereocenters. The number of rotatable bonds is 6. The third-order valence-electron chi connectivity index (χ3n) is 3.76. The number of hydrogen-bond donors (Lipinski definition) is 2. The molecule has 0 radical (unpaired) electrons. The third-order valence-corrected chi connectivity index (χ3v) is 3.76. The fraction of sp³-hybridized carbons (Fsp3) is 0.150. The predicted octanol–water partition coefficient (Wildman–Crippen LogP) is 2.94. The number of amides is 2. The van der Waals surface area contributed by atoms with Crippen LogP contribution in [0.15, 0.2) is 66.9 Å². The summed E-state index contributed by atoms with van der Waals surface area (Å²) in [6, 6.07) is 18.5. The summed E-state index contributed by atoms with van der Waals surface area (Å²) in [5, 5.41) is 9.96. The average molecular weight is 348 g/mol. The van der Waals surface area contributed by atoms with E-state index in [9.17, 15) is 9.59 Å². The topological polar surface area (TPSA) is 76.0 Å². The lowest BCUT2D eigenvalue weighted by molar-refractivity contribution is -0.116. The zero-order chi connectivity index (χ0) is 18.4. The minimum absolute atomic E-state index is 0.0955. The molecule has 1 heterocycles. The van der Waals surface area contributed by atoms with Crippen molar-refractivity contribution < 1.29 is 9.59 Å². The van der Waals surface area contributed by atoms with Crippen LogP contribution in [0.4, 0.5) is 5.69 Å². The summed E-state index contributed by atoms with van der Waals surface area (Å²) < 4.78 is 1.59. The Morgan fingerprint density at radius 3 is 2.62 bits per heavy atom. The Morgan fingerprint density at radius 1 is 1.04 bits per heavy atom. The molecule has 6 heteroatoms. The number of carbonyl (C=O) groups excluding carboxylic acids is 2. The standard InChI is InChI=1S/C20H20N4O2/c1-2-21-20(26)16-9-6-10-17(13-16)22-19(25)14-24-12-11-18(23-24)15-7-4-3-5-8-15/h3-13H,2,14H2,1H3,(H,21,26)(H,22,25). The van der Waals surface area contributed by atoms with Gasteiger partial charge in [-0.1, -0.05) is 36.4 Å². The van der Waals surface area contributed by atoms with Crippen molar-refractivity contribution in [1.29, 1.82) is 0 Å². The van der Waals surface area contributed by atoms with Gasteiger partial charge in [-0.25, -0.2) is 0 Å². The summed E-state index contributed by atoms with van der Waals surface area (Å²) >= 11 is 0. The number of anilines is 1. The van der Waals surface area contributed by atoms with Crippen molar-refractivity contribution in [2.75, 3.05) is 11.9 Å². The average Bonchev–Trinajstić information content (AvgIpc) is 3.11. The van der Waals surface area contributed by atoms with Crippen molar-refractivity contribution in [2.24, 2.45) is 0 Å². The maximum absolute atomic E-state index is 12.3. The van der Waals surface area contributed by atoms with Crippen molar-refractivity contribution >= 4 is 17.5 Å². The number of nitrogens with one attached hydrogen (secondary N) is 2. The molecule has 2 amide bonds. The maximum Gasteiger partial charge on any atom is 0.251 e. The van der Waals surface area contributed by atoms with Crippen LogP contribution in [0.2, 0.25) is 0 Å². The fourth-order valence-electron chi connectivity index (χ4n) is 2.56. The molecule has 3 rings (SSSR count). The first-order chi connectivity index (χ1) is 12.7. The van der Waals surface area contributed by atoms with Gasteiger partial charge < -0.3 is 10.6 Å². The number of hydrogen-bond acceptors (Lipinski definition) is 3. The van der Waals surface area contributed by atoms with Crippen LogP contribution >= 0.6 is 0 Å². The Hall–Kier alpha value is -3.41. The highest BCUT2D eigenvalue weighted by atomic mass is 16.2. The molecule has 0 aliphatic heterocycles. The molecule has 0 fully saturated rings. The van der Waals surface area contributed by atoms with Gasteiger partial charge in [0.05, 0.1) is 5.69 Å². The number of aromatic nitrogens is 2. The van der Waals surface area contributed by atoms with E-state index in [0.717, 1.165) is 11.3 Å². The van der Waals surface area contributed by atoms with Gasteiger partial charge in [-0.3, -0.25) is 14.3 Å². The molecule has 132 valence electrons. The molecule has 0 saturated heterocycles. The second kappa shape index (κ2) is 8.11. The molecule has 26 heavy (non-hydrogen) atoms. The van der Waals surface area contributed by atoms with E-state index >= 15 is 0 Å². The van der Waals surface area contributed by atoms with Gasteiger partial charge in [0.25, 0.3) is 5.91 Å². The van der Waals surface area contributed by atoms with E-state index < -0.39 is 0 Å². The lowest BCUT2D eigenvalue weighted by Crippen LogP contribution is -2.23. The van der Waals surface area contributed by atoms with Crippen LogP contribution in [0, 0.1) is 0 Å². The van der Waals surface area contributed by atoms with Crippen molar-refractivity contribution in [3.8, 4) is 11.3 Å². The summed E-state index contributed by atoms with van der Waals surface area (Å²) in [6.07, 6.45) is 1.77. The van der Waals surface area contributed by atoms with Gasteiger partial charge in [-0.15, -0.1) is 0 Å². The minimum atomic E-state index is -0.208. The Balaban J connectivity index is 1.64. The van der Waals surface area contributed by atoms with Crippen molar-refractivity contribution in [3.63, 3.8) is 0 Å². The molecule has 0 aliphatic rings. The molecule has 0 unspecified atom stereocenters. The van der Waals surface area contributed by atoms with Gasteiger partial charge in [0.15, 0.2) is 0 Å². The van der Waals surface area contributed by atoms with E-state index in [-0.39, 0.29) is 18.4 Å². The Labute approximate surface area is 151 Å². The highest BCUT2D eigenvalue weighted by Gasteiger charge is 2.09. The smallest absolute Gasteiger partial charge is 0.251 e. The van der Waals surface area contributed by atoms with Crippen molar-refractivity contribution in [1.82, 2.24) is 15.1 Å². The summed E-state index contributed by atoms with van der Waals surface area (Å²) in [7, 11) is 0.